The van der Waals surface area contributed by atoms with Gasteiger partial charge in [-0.2, -0.15) is 4.31 Å². The Morgan fingerprint density at radius 3 is 2.17 bits per heavy atom. The Bertz CT molecular complexity index is 625. The van der Waals surface area contributed by atoms with Gasteiger partial charge >= 0.3 is 0 Å². The Morgan fingerprint density at radius 2 is 1.74 bits per heavy atom. The van der Waals surface area contributed by atoms with E-state index in [2.05, 4.69) is 19.2 Å². The van der Waals surface area contributed by atoms with E-state index in [9.17, 15) is 13.2 Å². The summed E-state index contributed by atoms with van der Waals surface area (Å²) in [6.07, 6.45) is 2.79. The van der Waals surface area contributed by atoms with Crippen molar-refractivity contribution < 1.29 is 13.2 Å². The van der Waals surface area contributed by atoms with Crippen molar-refractivity contribution in [1.29, 1.82) is 0 Å². The molecule has 0 aliphatic rings. The number of carbonyl (C=O) groups is 1. The van der Waals surface area contributed by atoms with Crippen molar-refractivity contribution in [2.45, 2.75) is 32.1 Å². The minimum Gasteiger partial charge on any atom is -0.354 e. The van der Waals surface area contributed by atoms with Gasteiger partial charge in [0.25, 0.3) is 0 Å². The summed E-state index contributed by atoms with van der Waals surface area (Å²) in [6, 6.07) is 7.64. The van der Waals surface area contributed by atoms with E-state index in [1.807, 2.05) is 24.3 Å². The van der Waals surface area contributed by atoms with Crippen LogP contribution in [0.2, 0.25) is 5.02 Å². The number of rotatable bonds is 8. The maximum atomic E-state index is 12.0. The van der Waals surface area contributed by atoms with Gasteiger partial charge in [-0.3, -0.25) is 4.79 Å². The molecule has 5 nitrogen and oxygen atoms in total. The largest absolute Gasteiger partial charge is 0.354 e. The zero-order chi connectivity index (χ0) is 17.7. The van der Waals surface area contributed by atoms with Crippen molar-refractivity contribution in [1.82, 2.24) is 9.62 Å². The molecule has 0 aromatic heterocycles. The van der Waals surface area contributed by atoms with Gasteiger partial charge in [0.1, 0.15) is 0 Å². The Labute approximate surface area is 144 Å². The minimum atomic E-state index is -3.36. The van der Waals surface area contributed by atoms with Crippen LogP contribution < -0.4 is 5.32 Å². The van der Waals surface area contributed by atoms with E-state index in [1.165, 1.54) is 7.05 Å². The second kappa shape index (κ2) is 8.13. The summed E-state index contributed by atoms with van der Waals surface area (Å²) in [7, 11) is -1.97. The Kier molecular flexibility index (Phi) is 7.04. The second-order valence-corrected chi connectivity index (χ2v) is 8.32. The van der Waals surface area contributed by atoms with Gasteiger partial charge in [-0.1, -0.05) is 37.6 Å². The molecule has 0 aliphatic carbocycles. The van der Waals surface area contributed by atoms with E-state index in [1.54, 1.807) is 0 Å². The molecule has 1 N–H and O–H groups in total. The molecule has 0 saturated heterocycles. The lowest BCUT2D eigenvalue weighted by atomic mass is 9.76. The molecule has 0 heterocycles. The first kappa shape index (κ1) is 19.9. The first-order chi connectivity index (χ1) is 10.6. The number of likely N-dealkylation sites (N-methyl/N-ethyl adjacent to an activating group) is 1. The molecule has 1 rings (SSSR count). The Morgan fingerprint density at radius 1 is 1.22 bits per heavy atom. The number of hydrogen-bond donors (Lipinski definition) is 1. The molecule has 130 valence electrons. The highest BCUT2D eigenvalue weighted by molar-refractivity contribution is 7.88. The lowest BCUT2D eigenvalue weighted by molar-refractivity contribution is -0.121. The molecule has 1 amide bonds. The third-order valence-corrected chi connectivity index (χ3v) is 5.88. The number of hydrogen-bond acceptors (Lipinski definition) is 3. The first-order valence-corrected chi connectivity index (χ1v) is 9.81. The Balaban J connectivity index is 2.81. The quantitative estimate of drug-likeness (QED) is 0.774. The van der Waals surface area contributed by atoms with Gasteiger partial charge in [0.2, 0.25) is 15.9 Å². The molecule has 0 aliphatic heterocycles. The van der Waals surface area contributed by atoms with E-state index in [4.69, 9.17) is 11.6 Å². The highest BCUT2D eigenvalue weighted by atomic mass is 35.5. The van der Waals surface area contributed by atoms with Crippen molar-refractivity contribution >= 4 is 27.5 Å². The Hall–Kier alpha value is -1.11. The molecule has 0 bridgehead atoms. The number of amides is 1. The molecule has 0 unspecified atom stereocenters. The molecule has 1 aromatic carbocycles. The first-order valence-electron chi connectivity index (χ1n) is 7.58. The zero-order valence-electron chi connectivity index (χ0n) is 14.1. The van der Waals surface area contributed by atoms with Gasteiger partial charge in [-0.15, -0.1) is 0 Å². The monoisotopic (exact) mass is 360 g/mol. The maximum absolute atomic E-state index is 12.0. The van der Waals surface area contributed by atoms with E-state index in [0.717, 1.165) is 29.0 Å². The van der Waals surface area contributed by atoms with Crippen molar-refractivity contribution in [2.75, 3.05) is 26.4 Å². The van der Waals surface area contributed by atoms with Crippen LogP contribution in [0.4, 0.5) is 0 Å². The number of benzene rings is 1. The van der Waals surface area contributed by atoms with Crippen molar-refractivity contribution in [3.8, 4) is 0 Å². The fraction of sp³-hybridized carbons (Fsp3) is 0.562. The molecule has 0 atom stereocenters. The van der Waals surface area contributed by atoms with Gasteiger partial charge in [-0.25, -0.2) is 8.42 Å². The average molecular weight is 361 g/mol. The van der Waals surface area contributed by atoms with E-state index in [-0.39, 0.29) is 17.9 Å². The summed E-state index contributed by atoms with van der Waals surface area (Å²) in [5.74, 6) is -0.307. The summed E-state index contributed by atoms with van der Waals surface area (Å²) in [6.45, 7) is 4.43. The average Bonchev–Trinajstić information content (AvgIpc) is 2.49. The number of halogens is 1. The lowest BCUT2D eigenvalue weighted by Crippen LogP contribution is -2.44. The summed E-state index contributed by atoms with van der Waals surface area (Å²) in [4.78, 5) is 12.0. The van der Waals surface area contributed by atoms with Crippen molar-refractivity contribution in [3.63, 3.8) is 0 Å². The van der Waals surface area contributed by atoms with Gasteiger partial charge in [0.15, 0.2) is 0 Å². The van der Waals surface area contributed by atoms with Crippen LogP contribution in [-0.2, 0) is 20.2 Å². The molecule has 7 heteroatoms. The van der Waals surface area contributed by atoms with Crippen LogP contribution in [0.5, 0.6) is 0 Å². The van der Waals surface area contributed by atoms with Crippen LogP contribution in [0.1, 0.15) is 32.3 Å². The minimum absolute atomic E-state index is 0.178. The topological polar surface area (TPSA) is 66.5 Å². The fourth-order valence-corrected chi connectivity index (χ4v) is 2.93. The van der Waals surface area contributed by atoms with E-state index in [0.29, 0.717) is 11.6 Å². The van der Waals surface area contributed by atoms with Crippen LogP contribution in [0.3, 0.4) is 0 Å². The van der Waals surface area contributed by atoms with Crippen LogP contribution in [0.15, 0.2) is 24.3 Å². The van der Waals surface area contributed by atoms with Gasteiger partial charge in [0.05, 0.1) is 12.8 Å². The predicted molar refractivity (Wildman–Crippen MR) is 94.2 cm³/mol. The van der Waals surface area contributed by atoms with Gasteiger partial charge < -0.3 is 5.32 Å². The SMILES string of the molecule is CCC(CC)(CNC(=O)CN(C)S(C)(=O)=O)c1ccc(Cl)cc1. The third kappa shape index (κ3) is 5.48. The number of carbonyl (C=O) groups excluding carboxylic acids is 1. The van der Waals surface area contributed by atoms with E-state index >= 15 is 0 Å². The molecule has 0 saturated carbocycles. The third-order valence-electron chi connectivity index (χ3n) is 4.37. The summed E-state index contributed by atoms with van der Waals surface area (Å²) in [5.41, 5.74) is 0.924. The highest BCUT2D eigenvalue weighted by Crippen LogP contribution is 2.31. The number of nitrogens with one attached hydrogen (secondary N) is 1. The number of sulfonamides is 1. The maximum Gasteiger partial charge on any atom is 0.235 e. The second-order valence-electron chi connectivity index (χ2n) is 5.79. The molecule has 0 fully saturated rings. The van der Waals surface area contributed by atoms with Crippen LogP contribution >= 0.6 is 11.6 Å². The normalized spacial score (nSPS) is 12.4. The molecule has 0 radical (unpaired) electrons. The van der Waals surface area contributed by atoms with Crippen molar-refractivity contribution in [3.05, 3.63) is 34.9 Å². The molecule has 0 spiro atoms. The highest BCUT2D eigenvalue weighted by Gasteiger charge is 2.29. The summed E-state index contributed by atoms with van der Waals surface area (Å²) in [5, 5.41) is 3.54. The van der Waals surface area contributed by atoms with Crippen molar-refractivity contribution in [2.24, 2.45) is 0 Å². The van der Waals surface area contributed by atoms with Crippen LogP contribution in [0, 0.1) is 0 Å². The predicted octanol–water partition coefficient (Wildman–Crippen LogP) is 2.41. The lowest BCUT2D eigenvalue weighted by Gasteiger charge is -2.33. The van der Waals surface area contributed by atoms with E-state index < -0.39 is 10.0 Å². The summed E-state index contributed by atoms with van der Waals surface area (Å²) < 4.78 is 23.8. The molecular weight excluding hydrogens is 336 g/mol. The molecule has 1 aromatic rings. The zero-order valence-corrected chi connectivity index (χ0v) is 15.7. The molecular formula is C16H25ClN2O3S. The number of nitrogens with zero attached hydrogens (tertiary/aromatic N) is 1. The smallest absolute Gasteiger partial charge is 0.235 e. The van der Waals surface area contributed by atoms with Crippen LogP contribution in [0.25, 0.3) is 0 Å². The van der Waals surface area contributed by atoms with Gasteiger partial charge in [0, 0.05) is 24.0 Å². The standard InChI is InChI=1S/C16H25ClN2O3S/c1-5-16(6-2,13-7-9-14(17)10-8-13)12-18-15(20)11-19(3)23(4,21)22/h7-10H,5-6,11-12H2,1-4H3,(H,18,20). The fourth-order valence-electron chi connectivity index (χ4n) is 2.46. The van der Waals surface area contributed by atoms with Gasteiger partial charge in [-0.05, 0) is 30.5 Å². The molecule has 23 heavy (non-hydrogen) atoms. The summed E-state index contributed by atoms with van der Waals surface area (Å²) >= 11 is 5.94. The van der Waals surface area contributed by atoms with Crippen LogP contribution in [-0.4, -0.2) is 45.0 Å².